The van der Waals surface area contributed by atoms with Crippen molar-refractivity contribution in [3.05, 3.63) is 29.3 Å². The first-order valence-corrected chi connectivity index (χ1v) is 8.19. The molecule has 2 nitrogen and oxygen atoms in total. The Bertz CT molecular complexity index is 462. The fourth-order valence-corrected chi connectivity index (χ4v) is 4.13. The van der Waals surface area contributed by atoms with Crippen LogP contribution in [0.25, 0.3) is 0 Å². The third-order valence-electron chi connectivity index (χ3n) is 5.50. The summed E-state index contributed by atoms with van der Waals surface area (Å²) in [5.41, 5.74) is 2.57. The first-order valence-electron chi connectivity index (χ1n) is 8.19. The highest BCUT2D eigenvalue weighted by Crippen LogP contribution is 2.40. The van der Waals surface area contributed by atoms with Crippen LogP contribution in [0.15, 0.2) is 18.2 Å². The van der Waals surface area contributed by atoms with Crippen molar-refractivity contribution in [1.82, 2.24) is 4.90 Å². The van der Waals surface area contributed by atoms with Gasteiger partial charge in [-0.1, -0.05) is 19.1 Å². The van der Waals surface area contributed by atoms with E-state index >= 15 is 0 Å². The molecule has 0 bridgehead atoms. The maximum Gasteiger partial charge on any atom is 0.119 e. The van der Waals surface area contributed by atoms with Crippen molar-refractivity contribution in [2.24, 2.45) is 5.92 Å². The van der Waals surface area contributed by atoms with Crippen molar-refractivity contribution < 1.29 is 5.11 Å². The smallest absolute Gasteiger partial charge is 0.119 e. The molecule has 0 radical (unpaired) electrons. The van der Waals surface area contributed by atoms with E-state index in [1.165, 1.54) is 49.7 Å². The molecule has 2 aliphatic rings. The third kappa shape index (κ3) is 2.58. The van der Waals surface area contributed by atoms with Crippen LogP contribution in [-0.4, -0.2) is 23.1 Å². The van der Waals surface area contributed by atoms with Crippen LogP contribution in [0.2, 0.25) is 0 Å². The quantitative estimate of drug-likeness (QED) is 0.869. The molecule has 2 heteroatoms. The van der Waals surface area contributed by atoms with Crippen LogP contribution >= 0.6 is 0 Å². The Morgan fingerprint density at radius 2 is 1.85 bits per heavy atom. The van der Waals surface area contributed by atoms with Crippen molar-refractivity contribution in [1.29, 1.82) is 0 Å². The molecule has 0 saturated heterocycles. The molecule has 2 aliphatic carbocycles. The van der Waals surface area contributed by atoms with Gasteiger partial charge in [-0.25, -0.2) is 0 Å². The van der Waals surface area contributed by atoms with Gasteiger partial charge in [-0.3, -0.25) is 4.90 Å². The Kier molecular flexibility index (Phi) is 4.02. The standard InChI is InChI=1S/C18H27NO/c1-13-9-11-14(12-10-13)19(2)17-7-3-6-16-15(17)5-4-8-18(16)20/h4-5,8,13-14,17,20H,3,6-7,9-12H2,1-2H3. The van der Waals surface area contributed by atoms with Gasteiger partial charge in [0.05, 0.1) is 0 Å². The van der Waals surface area contributed by atoms with Crippen LogP contribution in [0, 0.1) is 5.92 Å². The molecule has 3 rings (SSSR count). The minimum absolute atomic E-state index is 0.498. The van der Waals surface area contributed by atoms with Gasteiger partial charge in [-0.15, -0.1) is 0 Å². The van der Waals surface area contributed by atoms with E-state index in [9.17, 15) is 5.11 Å². The normalized spacial score (nSPS) is 30.2. The second-order valence-electron chi connectivity index (χ2n) is 6.83. The number of phenols is 1. The first kappa shape index (κ1) is 13.9. The number of aromatic hydroxyl groups is 1. The van der Waals surface area contributed by atoms with Crippen molar-refractivity contribution in [3.8, 4) is 5.75 Å². The van der Waals surface area contributed by atoms with Crippen LogP contribution < -0.4 is 0 Å². The summed E-state index contributed by atoms with van der Waals surface area (Å²) in [6.45, 7) is 2.38. The minimum Gasteiger partial charge on any atom is -0.508 e. The molecule has 1 aromatic carbocycles. The van der Waals surface area contributed by atoms with E-state index < -0.39 is 0 Å². The van der Waals surface area contributed by atoms with Gasteiger partial charge in [0.15, 0.2) is 0 Å². The average molecular weight is 273 g/mol. The first-order chi connectivity index (χ1) is 9.66. The molecular weight excluding hydrogens is 246 g/mol. The summed E-state index contributed by atoms with van der Waals surface area (Å²) >= 11 is 0. The molecule has 0 aliphatic heterocycles. The second-order valence-corrected chi connectivity index (χ2v) is 6.83. The van der Waals surface area contributed by atoms with Crippen LogP contribution in [-0.2, 0) is 6.42 Å². The third-order valence-corrected chi connectivity index (χ3v) is 5.50. The Morgan fingerprint density at radius 3 is 2.60 bits per heavy atom. The van der Waals surface area contributed by atoms with E-state index in [1.807, 2.05) is 12.1 Å². The summed E-state index contributed by atoms with van der Waals surface area (Å²) in [7, 11) is 2.30. The van der Waals surface area contributed by atoms with E-state index in [-0.39, 0.29) is 0 Å². The van der Waals surface area contributed by atoms with E-state index in [0.29, 0.717) is 11.8 Å². The Hall–Kier alpha value is -1.02. The lowest BCUT2D eigenvalue weighted by atomic mass is 9.82. The van der Waals surface area contributed by atoms with Crippen LogP contribution in [0.1, 0.15) is 62.6 Å². The van der Waals surface area contributed by atoms with Gasteiger partial charge >= 0.3 is 0 Å². The number of rotatable bonds is 2. The Balaban J connectivity index is 1.80. The number of fused-ring (bicyclic) bond motifs is 1. The van der Waals surface area contributed by atoms with Gasteiger partial charge in [-0.2, -0.15) is 0 Å². The van der Waals surface area contributed by atoms with Crippen molar-refractivity contribution in [2.75, 3.05) is 7.05 Å². The number of nitrogens with zero attached hydrogens (tertiary/aromatic N) is 1. The summed E-state index contributed by atoms with van der Waals surface area (Å²) in [6.07, 6.45) is 8.88. The van der Waals surface area contributed by atoms with E-state index in [0.717, 1.165) is 18.4 Å². The molecule has 1 atom stereocenters. The highest BCUT2D eigenvalue weighted by molar-refractivity contribution is 5.42. The maximum atomic E-state index is 10.1. The topological polar surface area (TPSA) is 23.5 Å². The summed E-state index contributed by atoms with van der Waals surface area (Å²) in [6, 6.07) is 7.29. The molecule has 1 aromatic rings. The summed E-state index contributed by atoms with van der Waals surface area (Å²) in [5, 5.41) is 10.1. The predicted molar refractivity (Wildman–Crippen MR) is 83.0 cm³/mol. The second kappa shape index (κ2) is 5.77. The SMILES string of the molecule is CC1CCC(N(C)C2CCCc3c(O)cccc32)CC1. The molecule has 0 heterocycles. The van der Waals surface area contributed by atoms with Gasteiger partial charge in [0.2, 0.25) is 0 Å². The van der Waals surface area contributed by atoms with Gasteiger partial charge in [0.1, 0.15) is 5.75 Å². The molecule has 20 heavy (non-hydrogen) atoms. The molecule has 1 N–H and O–H groups in total. The average Bonchev–Trinajstić information content (AvgIpc) is 2.47. The zero-order valence-electron chi connectivity index (χ0n) is 12.8. The lowest BCUT2D eigenvalue weighted by Gasteiger charge is -2.41. The maximum absolute atomic E-state index is 10.1. The van der Waals surface area contributed by atoms with Crippen molar-refractivity contribution in [3.63, 3.8) is 0 Å². The van der Waals surface area contributed by atoms with Crippen molar-refractivity contribution >= 4 is 0 Å². The summed E-state index contributed by atoms with van der Waals surface area (Å²) in [4.78, 5) is 2.60. The largest absolute Gasteiger partial charge is 0.508 e. The molecule has 110 valence electrons. The lowest BCUT2D eigenvalue weighted by molar-refractivity contribution is 0.112. The van der Waals surface area contributed by atoms with Gasteiger partial charge < -0.3 is 5.11 Å². The van der Waals surface area contributed by atoms with E-state index in [2.05, 4.69) is 24.9 Å². The molecule has 0 aromatic heterocycles. The summed E-state index contributed by atoms with van der Waals surface area (Å²) < 4.78 is 0. The lowest BCUT2D eigenvalue weighted by Crippen LogP contribution is -2.38. The molecular formula is C18H27NO. The van der Waals surface area contributed by atoms with Crippen LogP contribution in [0.5, 0.6) is 5.75 Å². The predicted octanol–water partition coefficient (Wildman–Crippen LogP) is 4.28. The van der Waals surface area contributed by atoms with Gasteiger partial charge in [0.25, 0.3) is 0 Å². The molecule has 1 fully saturated rings. The highest BCUT2D eigenvalue weighted by atomic mass is 16.3. The summed E-state index contributed by atoms with van der Waals surface area (Å²) in [5.74, 6) is 1.40. The molecule has 0 amide bonds. The number of phenolic OH excluding ortho intramolecular Hbond substituents is 1. The zero-order valence-corrected chi connectivity index (χ0v) is 12.8. The zero-order chi connectivity index (χ0) is 14.1. The Morgan fingerprint density at radius 1 is 1.10 bits per heavy atom. The van der Waals surface area contributed by atoms with E-state index in [4.69, 9.17) is 0 Å². The fourth-order valence-electron chi connectivity index (χ4n) is 4.13. The van der Waals surface area contributed by atoms with Crippen LogP contribution in [0.3, 0.4) is 0 Å². The molecule has 1 unspecified atom stereocenters. The van der Waals surface area contributed by atoms with Gasteiger partial charge in [-0.05, 0) is 75.1 Å². The minimum atomic E-state index is 0.498. The number of benzene rings is 1. The molecule has 1 saturated carbocycles. The number of hydrogen-bond donors (Lipinski definition) is 1. The van der Waals surface area contributed by atoms with E-state index in [1.54, 1.807) is 0 Å². The van der Waals surface area contributed by atoms with Crippen LogP contribution in [0.4, 0.5) is 0 Å². The Labute approximate surface area is 122 Å². The fraction of sp³-hybridized carbons (Fsp3) is 0.667. The van der Waals surface area contributed by atoms with Gasteiger partial charge in [0, 0.05) is 12.1 Å². The highest BCUT2D eigenvalue weighted by Gasteiger charge is 2.30. The monoisotopic (exact) mass is 273 g/mol. The van der Waals surface area contributed by atoms with Crippen molar-refractivity contribution in [2.45, 2.75) is 64.0 Å². The molecule has 0 spiro atoms. The number of hydrogen-bond acceptors (Lipinski definition) is 2.